The molecule has 2 aromatic rings. The minimum absolute atomic E-state index is 0.0364. The zero-order valence-corrected chi connectivity index (χ0v) is 12.1. The summed E-state index contributed by atoms with van der Waals surface area (Å²) in [5.41, 5.74) is 0.226. The monoisotopic (exact) mass is 272 g/mol. The van der Waals surface area contributed by atoms with Gasteiger partial charge in [-0.05, 0) is 37.1 Å². The van der Waals surface area contributed by atoms with Crippen molar-refractivity contribution in [2.24, 2.45) is 0 Å². The molecular weight excluding hydrogens is 252 g/mol. The van der Waals surface area contributed by atoms with E-state index >= 15 is 0 Å². The largest absolute Gasteiger partial charge is 0.460 e. The van der Waals surface area contributed by atoms with Crippen molar-refractivity contribution >= 4 is 16.7 Å². The van der Waals surface area contributed by atoms with Crippen molar-refractivity contribution in [1.82, 2.24) is 0 Å². The minimum atomic E-state index is -0.851. The van der Waals surface area contributed by atoms with Gasteiger partial charge in [-0.15, -0.1) is 0 Å². The molecule has 2 rings (SSSR count). The van der Waals surface area contributed by atoms with Gasteiger partial charge in [-0.1, -0.05) is 42.5 Å². The van der Waals surface area contributed by atoms with Crippen LogP contribution in [0.15, 0.2) is 42.5 Å². The molecule has 0 saturated heterocycles. The highest BCUT2D eigenvalue weighted by molar-refractivity contribution is 5.86. The topological polar surface area (TPSA) is 46.5 Å². The third-order valence-electron chi connectivity index (χ3n) is 2.96. The van der Waals surface area contributed by atoms with E-state index in [9.17, 15) is 9.90 Å². The van der Waals surface area contributed by atoms with Crippen LogP contribution in [-0.4, -0.2) is 16.7 Å². The Balaban J connectivity index is 2.20. The lowest BCUT2D eigenvalue weighted by molar-refractivity contribution is -0.157. The SMILES string of the molecule is CC(C)(C)OC(=O)CC(O)c1cccc2ccccc12. The minimum Gasteiger partial charge on any atom is -0.460 e. The predicted octanol–water partition coefficient (Wildman–Crippen LogP) is 3.61. The van der Waals surface area contributed by atoms with Crippen LogP contribution in [-0.2, 0) is 9.53 Å². The Morgan fingerprint density at radius 2 is 1.80 bits per heavy atom. The highest BCUT2D eigenvalue weighted by atomic mass is 16.6. The highest BCUT2D eigenvalue weighted by Crippen LogP contribution is 2.26. The van der Waals surface area contributed by atoms with Gasteiger partial charge in [0.15, 0.2) is 0 Å². The highest BCUT2D eigenvalue weighted by Gasteiger charge is 2.21. The summed E-state index contributed by atoms with van der Waals surface area (Å²) >= 11 is 0. The van der Waals surface area contributed by atoms with E-state index < -0.39 is 17.7 Å². The summed E-state index contributed by atoms with van der Waals surface area (Å²) in [6.07, 6.45) is -0.887. The summed E-state index contributed by atoms with van der Waals surface area (Å²) < 4.78 is 5.24. The molecule has 0 radical (unpaired) electrons. The average molecular weight is 272 g/mol. The first-order chi connectivity index (χ1) is 9.37. The van der Waals surface area contributed by atoms with Gasteiger partial charge in [-0.2, -0.15) is 0 Å². The first-order valence-electron chi connectivity index (χ1n) is 6.74. The molecule has 1 N–H and O–H groups in total. The van der Waals surface area contributed by atoms with E-state index in [2.05, 4.69) is 0 Å². The maximum atomic E-state index is 11.8. The van der Waals surface area contributed by atoms with Crippen LogP contribution >= 0.6 is 0 Å². The Bertz CT molecular complexity index is 606. The molecule has 0 aliphatic carbocycles. The number of ether oxygens (including phenoxy) is 1. The van der Waals surface area contributed by atoms with Gasteiger partial charge in [0, 0.05) is 0 Å². The number of esters is 1. The number of hydrogen-bond donors (Lipinski definition) is 1. The number of aliphatic hydroxyl groups is 1. The van der Waals surface area contributed by atoms with Crippen LogP contribution in [0.3, 0.4) is 0 Å². The summed E-state index contributed by atoms with van der Waals surface area (Å²) in [4.78, 5) is 11.8. The van der Waals surface area contributed by atoms with Gasteiger partial charge in [0.05, 0.1) is 12.5 Å². The van der Waals surface area contributed by atoms with Gasteiger partial charge in [0.25, 0.3) is 0 Å². The fourth-order valence-electron chi connectivity index (χ4n) is 2.19. The standard InChI is InChI=1S/C17H20O3/c1-17(2,3)20-16(19)11-15(18)14-10-6-8-12-7-4-5-9-13(12)14/h4-10,15,18H,11H2,1-3H3. The lowest BCUT2D eigenvalue weighted by Gasteiger charge is -2.21. The molecule has 1 unspecified atom stereocenters. The molecule has 3 nitrogen and oxygen atoms in total. The van der Waals surface area contributed by atoms with Crippen molar-refractivity contribution in [3.8, 4) is 0 Å². The molecule has 20 heavy (non-hydrogen) atoms. The number of carbonyl (C=O) groups is 1. The summed E-state index contributed by atoms with van der Waals surface area (Å²) in [5, 5.41) is 12.3. The predicted molar refractivity (Wildman–Crippen MR) is 79.4 cm³/mol. The second kappa shape index (κ2) is 5.63. The summed E-state index contributed by atoms with van der Waals surface area (Å²) in [6, 6.07) is 13.5. The normalized spacial score (nSPS) is 13.2. The molecule has 0 aliphatic rings. The fourth-order valence-corrected chi connectivity index (χ4v) is 2.19. The van der Waals surface area contributed by atoms with Gasteiger partial charge in [0.2, 0.25) is 0 Å². The van der Waals surface area contributed by atoms with Crippen LogP contribution in [0.2, 0.25) is 0 Å². The Hall–Kier alpha value is -1.87. The van der Waals surface area contributed by atoms with Crippen molar-refractivity contribution < 1.29 is 14.6 Å². The van der Waals surface area contributed by atoms with E-state index in [4.69, 9.17) is 4.74 Å². The van der Waals surface area contributed by atoms with Crippen molar-refractivity contribution in [2.45, 2.75) is 38.9 Å². The molecule has 0 aromatic heterocycles. The second-order valence-corrected chi connectivity index (χ2v) is 5.87. The molecule has 0 saturated carbocycles. The van der Waals surface area contributed by atoms with Crippen LogP contribution < -0.4 is 0 Å². The third kappa shape index (κ3) is 3.58. The molecule has 3 heteroatoms. The first kappa shape index (κ1) is 14.5. The second-order valence-electron chi connectivity index (χ2n) is 5.87. The fraction of sp³-hybridized carbons (Fsp3) is 0.353. The lowest BCUT2D eigenvalue weighted by atomic mass is 9.99. The Morgan fingerprint density at radius 1 is 1.15 bits per heavy atom. The number of fused-ring (bicyclic) bond motifs is 1. The molecule has 0 bridgehead atoms. The number of aliphatic hydroxyl groups excluding tert-OH is 1. The van der Waals surface area contributed by atoms with Crippen LogP contribution in [0, 0.1) is 0 Å². The van der Waals surface area contributed by atoms with E-state index in [0.29, 0.717) is 0 Å². The Kier molecular flexibility index (Phi) is 4.09. The van der Waals surface area contributed by atoms with Crippen molar-refractivity contribution in [1.29, 1.82) is 0 Å². The zero-order valence-electron chi connectivity index (χ0n) is 12.1. The van der Waals surface area contributed by atoms with Crippen molar-refractivity contribution in [3.05, 3.63) is 48.0 Å². The maximum absolute atomic E-state index is 11.8. The summed E-state index contributed by atoms with van der Waals surface area (Å²) in [5.74, 6) is -0.391. The van der Waals surface area contributed by atoms with Gasteiger partial charge in [-0.25, -0.2) is 0 Å². The maximum Gasteiger partial charge on any atom is 0.309 e. The average Bonchev–Trinajstić information content (AvgIpc) is 2.35. The van der Waals surface area contributed by atoms with Crippen molar-refractivity contribution in [2.75, 3.05) is 0 Å². The number of carbonyl (C=O) groups excluding carboxylic acids is 1. The quantitative estimate of drug-likeness (QED) is 0.868. The Labute approximate surface area is 119 Å². The van der Waals surface area contributed by atoms with Gasteiger partial charge >= 0.3 is 5.97 Å². The first-order valence-corrected chi connectivity index (χ1v) is 6.74. The summed E-state index contributed by atoms with van der Waals surface area (Å²) in [6.45, 7) is 5.44. The third-order valence-corrected chi connectivity index (χ3v) is 2.96. The molecular formula is C17H20O3. The molecule has 1 atom stereocenters. The van der Waals surface area contributed by atoms with E-state index in [0.717, 1.165) is 16.3 Å². The van der Waals surface area contributed by atoms with Crippen LogP contribution in [0.25, 0.3) is 10.8 Å². The van der Waals surface area contributed by atoms with Gasteiger partial charge in [0.1, 0.15) is 5.60 Å². The smallest absolute Gasteiger partial charge is 0.309 e. The van der Waals surface area contributed by atoms with E-state index in [1.54, 1.807) is 0 Å². The van der Waals surface area contributed by atoms with E-state index in [-0.39, 0.29) is 6.42 Å². The molecule has 0 amide bonds. The number of hydrogen-bond acceptors (Lipinski definition) is 3. The molecule has 0 heterocycles. The lowest BCUT2D eigenvalue weighted by Crippen LogP contribution is -2.24. The van der Waals surface area contributed by atoms with E-state index in [1.165, 1.54) is 0 Å². The number of benzene rings is 2. The molecule has 106 valence electrons. The molecule has 0 fully saturated rings. The van der Waals surface area contributed by atoms with Crippen molar-refractivity contribution in [3.63, 3.8) is 0 Å². The van der Waals surface area contributed by atoms with Crippen LogP contribution in [0.1, 0.15) is 38.9 Å². The Morgan fingerprint density at radius 3 is 2.50 bits per heavy atom. The van der Waals surface area contributed by atoms with Gasteiger partial charge < -0.3 is 9.84 Å². The van der Waals surface area contributed by atoms with E-state index in [1.807, 2.05) is 63.2 Å². The zero-order chi connectivity index (χ0) is 14.8. The van der Waals surface area contributed by atoms with Crippen LogP contribution in [0.5, 0.6) is 0 Å². The number of rotatable bonds is 3. The summed E-state index contributed by atoms with van der Waals surface area (Å²) in [7, 11) is 0. The van der Waals surface area contributed by atoms with Crippen LogP contribution in [0.4, 0.5) is 0 Å². The molecule has 0 spiro atoms. The van der Waals surface area contributed by atoms with Gasteiger partial charge in [-0.3, -0.25) is 4.79 Å². The molecule has 0 aliphatic heterocycles. The molecule has 2 aromatic carbocycles.